The first-order chi connectivity index (χ1) is 19.5. The third-order valence-corrected chi connectivity index (χ3v) is 7.24. The largest absolute Gasteiger partial charge is 0.507 e. The molecule has 1 N–H and O–H groups in total. The Morgan fingerprint density at radius 3 is 2.65 bits per heavy atom. The molecule has 202 valence electrons. The van der Waals surface area contributed by atoms with Crippen molar-refractivity contribution in [2.24, 2.45) is 0 Å². The molecule has 8 heteroatoms. The van der Waals surface area contributed by atoms with Crippen LogP contribution in [0.5, 0.6) is 17.2 Å². The Morgan fingerprint density at radius 2 is 1.85 bits per heavy atom. The van der Waals surface area contributed by atoms with Gasteiger partial charge in [-0.1, -0.05) is 30.3 Å². The van der Waals surface area contributed by atoms with Crippen LogP contribution < -0.4 is 9.47 Å². The Bertz CT molecular complexity index is 1580. The molecule has 8 nitrogen and oxygen atoms in total. The van der Waals surface area contributed by atoms with Gasteiger partial charge >= 0.3 is 0 Å². The monoisotopic (exact) mass is 535 g/mol. The molecule has 1 amide bonds. The lowest BCUT2D eigenvalue weighted by Crippen LogP contribution is -2.31. The lowest BCUT2D eigenvalue weighted by Gasteiger charge is -2.26. The van der Waals surface area contributed by atoms with E-state index in [0.29, 0.717) is 48.6 Å². The van der Waals surface area contributed by atoms with Crippen LogP contribution in [-0.4, -0.2) is 43.9 Å². The first-order valence-electron chi connectivity index (χ1n) is 13.3. The molecule has 3 aromatic carbocycles. The van der Waals surface area contributed by atoms with Crippen molar-refractivity contribution in [2.75, 3.05) is 6.54 Å². The van der Waals surface area contributed by atoms with Crippen molar-refractivity contribution in [1.82, 2.24) is 14.5 Å². The van der Waals surface area contributed by atoms with Crippen LogP contribution in [0.4, 0.5) is 0 Å². The van der Waals surface area contributed by atoms with E-state index in [1.54, 1.807) is 29.6 Å². The van der Waals surface area contributed by atoms with Crippen molar-refractivity contribution in [3.8, 4) is 17.2 Å². The van der Waals surface area contributed by atoms with Crippen LogP contribution in [0.15, 0.2) is 97.1 Å². The Labute approximate surface area is 232 Å². The number of amides is 1. The molecule has 0 radical (unpaired) electrons. The highest BCUT2D eigenvalue weighted by molar-refractivity contribution is 6.46. The smallest absolute Gasteiger partial charge is 0.295 e. The van der Waals surface area contributed by atoms with Crippen LogP contribution in [0.1, 0.15) is 36.1 Å². The number of nitrogens with zero attached hydrogens (tertiary/aromatic N) is 3. The van der Waals surface area contributed by atoms with E-state index in [-0.39, 0.29) is 17.4 Å². The maximum atomic E-state index is 13.5. The number of hydrogen-bond acceptors (Lipinski definition) is 6. The minimum absolute atomic E-state index is 0.0424. The third kappa shape index (κ3) is 4.96. The fourth-order valence-electron chi connectivity index (χ4n) is 5.40. The molecule has 2 atom stereocenters. The minimum atomic E-state index is -0.773. The molecule has 6 rings (SSSR count). The topological polar surface area (TPSA) is 93.9 Å². The number of ether oxygens (including phenoxy) is 2. The number of carbonyl (C=O) groups is 2. The van der Waals surface area contributed by atoms with Crippen molar-refractivity contribution < 1.29 is 24.2 Å². The molecule has 1 saturated heterocycles. The van der Waals surface area contributed by atoms with Crippen molar-refractivity contribution in [1.29, 1.82) is 0 Å². The Hall–Kier alpha value is -4.85. The highest BCUT2D eigenvalue weighted by Gasteiger charge is 2.46. The number of benzene rings is 3. The van der Waals surface area contributed by atoms with E-state index < -0.39 is 17.7 Å². The Morgan fingerprint density at radius 1 is 1.02 bits per heavy atom. The number of imidazole rings is 1. The second-order valence-electron chi connectivity index (χ2n) is 10.1. The van der Waals surface area contributed by atoms with E-state index in [9.17, 15) is 14.7 Å². The number of aliphatic hydroxyl groups excluding tert-OH is 1. The molecule has 0 spiro atoms. The van der Waals surface area contributed by atoms with Gasteiger partial charge in [-0.15, -0.1) is 0 Å². The zero-order chi connectivity index (χ0) is 27.6. The van der Waals surface area contributed by atoms with E-state index >= 15 is 0 Å². The van der Waals surface area contributed by atoms with Crippen LogP contribution in [0.25, 0.3) is 5.76 Å². The molecule has 2 aliphatic rings. The number of Topliss-reactive ketones (excluding diaryl/α,β-unsaturated/α-hetero) is 1. The quantitative estimate of drug-likeness (QED) is 0.182. The van der Waals surface area contributed by atoms with E-state index in [1.807, 2.05) is 78.4 Å². The summed E-state index contributed by atoms with van der Waals surface area (Å²) in [6.07, 6.45) is 6.63. The maximum absolute atomic E-state index is 13.5. The average Bonchev–Trinajstić information content (AvgIpc) is 3.67. The summed E-state index contributed by atoms with van der Waals surface area (Å²) in [5.41, 5.74) is 2.18. The standard InChI is InChI=1S/C32H29N3O5/c1-21-17-24-18-23(11-12-27(24)39-21)30(36)28-29(22-7-5-10-26(19-22)40-25-8-3-2-4-9-25)35(32(38)31(28)37)15-6-14-34-16-13-33-20-34/h2-5,7-13,16,18-21,29,36H,6,14-15,17H2,1H3/b30-28+/t21-,29+/m0/s1. The summed E-state index contributed by atoms with van der Waals surface area (Å²) in [4.78, 5) is 32.5. The average molecular weight is 536 g/mol. The molecule has 0 saturated carbocycles. The Balaban J connectivity index is 1.38. The lowest BCUT2D eigenvalue weighted by atomic mass is 9.94. The molecule has 2 aliphatic heterocycles. The predicted octanol–water partition coefficient (Wildman–Crippen LogP) is 5.51. The van der Waals surface area contributed by atoms with Gasteiger partial charge in [0.1, 0.15) is 29.1 Å². The zero-order valence-corrected chi connectivity index (χ0v) is 22.1. The van der Waals surface area contributed by atoms with Crippen molar-refractivity contribution in [3.63, 3.8) is 0 Å². The summed E-state index contributed by atoms with van der Waals surface area (Å²) in [5, 5.41) is 11.5. The molecule has 40 heavy (non-hydrogen) atoms. The summed E-state index contributed by atoms with van der Waals surface area (Å²) in [6.45, 7) is 2.94. The molecule has 4 aromatic rings. The van der Waals surface area contributed by atoms with Gasteiger partial charge in [-0.05, 0) is 66.9 Å². The number of aromatic nitrogens is 2. The van der Waals surface area contributed by atoms with Gasteiger partial charge in [0.25, 0.3) is 11.7 Å². The number of carbonyl (C=O) groups excluding carboxylic acids is 2. The van der Waals surface area contributed by atoms with E-state index in [2.05, 4.69) is 4.98 Å². The number of hydrogen-bond donors (Lipinski definition) is 1. The van der Waals surface area contributed by atoms with Gasteiger partial charge in [0.2, 0.25) is 0 Å². The number of aliphatic hydroxyl groups is 1. The summed E-state index contributed by atoms with van der Waals surface area (Å²) < 4.78 is 13.8. The number of rotatable bonds is 8. The SMILES string of the molecule is C[C@H]1Cc2cc(/C(O)=C3\C(=O)C(=O)N(CCCn4ccnc4)[C@@H]3c3cccc(Oc4ccccc4)c3)ccc2O1. The summed E-state index contributed by atoms with van der Waals surface area (Å²) in [6, 6.07) is 21.3. The number of fused-ring (bicyclic) bond motifs is 1. The molecule has 0 bridgehead atoms. The molecular formula is C32H29N3O5. The van der Waals surface area contributed by atoms with Gasteiger partial charge in [-0.2, -0.15) is 0 Å². The number of likely N-dealkylation sites (tertiary alicyclic amines) is 1. The van der Waals surface area contributed by atoms with Crippen molar-refractivity contribution in [2.45, 2.75) is 38.5 Å². The normalized spacial score (nSPS) is 19.5. The maximum Gasteiger partial charge on any atom is 0.295 e. The zero-order valence-electron chi connectivity index (χ0n) is 22.1. The van der Waals surface area contributed by atoms with Gasteiger partial charge in [0.05, 0.1) is 17.9 Å². The van der Waals surface area contributed by atoms with Crippen LogP contribution in [0, 0.1) is 0 Å². The van der Waals surface area contributed by atoms with Crippen LogP contribution in [0.2, 0.25) is 0 Å². The molecule has 1 fully saturated rings. The Kier molecular flexibility index (Phi) is 6.82. The molecule has 3 heterocycles. The molecule has 0 aliphatic carbocycles. The third-order valence-electron chi connectivity index (χ3n) is 7.24. The lowest BCUT2D eigenvalue weighted by molar-refractivity contribution is -0.139. The second-order valence-corrected chi connectivity index (χ2v) is 10.1. The molecular weight excluding hydrogens is 506 g/mol. The highest BCUT2D eigenvalue weighted by atomic mass is 16.5. The van der Waals surface area contributed by atoms with Crippen LogP contribution in [0.3, 0.4) is 0 Å². The predicted molar refractivity (Wildman–Crippen MR) is 149 cm³/mol. The minimum Gasteiger partial charge on any atom is -0.507 e. The highest BCUT2D eigenvalue weighted by Crippen LogP contribution is 2.41. The van der Waals surface area contributed by atoms with Gasteiger partial charge < -0.3 is 24.0 Å². The first-order valence-corrected chi connectivity index (χ1v) is 13.3. The summed E-state index contributed by atoms with van der Waals surface area (Å²) in [5.74, 6) is 0.470. The van der Waals surface area contributed by atoms with Crippen molar-refractivity contribution in [3.05, 3.63) is 114 Å². The van der Waals surface area contributed by atoms with E-state index in [4.69, 9.17) is 9.47 Å². The van der Waals surface area contributed by atoms with Gasteiger partial charge in [-0.3, -0.25) is 9.59 Å². The van der Waals surface area contributed by atoms with Crippen molar-refractivity contribution >= 4 is 17.4 Å². The summed E-state index contributed by atoms with van der Waals surface area (Å²) >= 11 is 0. The summed E-state index contributed by atoms with van der Waals surface area (Å²) in [7, 11) is 0. The second kappa shape index (κ2) is 10.7. The fourth-order valence-corrected chi connectivity index (χ4v) is 5.40. The number of ketones is 1. The van der Waals surface area contributed by atoms with Crippen LogP contribution in [-0.2, 0) is 22.6 Å². The van der Waals surface area contributed by atoms with Crippen LogP contribution >= 0.6 is 0 Å². The van der Waals surface area contributed by atoms with E-state index in [1.165, 1.54) is 0 Å². The van der Waals surface area contributed by atoms with Gasteiger partial charge in [0, 0.05) is 37.5 Å². The molecule has 1 aromatic heterocycles. The first kappa shape index (κ1) is 25.4. The van der Waals surface area contributed by atoms with E-state index in [0.717, 1.165) is 11.3 Å². The van der Waals surface area contributed by atoms with Gasteiger partial charge in [-0.25, -0.2) is 4.98 Å². The number of para-hydroxylation sites is 1. The van der Waals surface area contributed by atoms with Gasteiger partial charge in [0.15, 0.2) is 0 Å². The fraction of sp³-hybridized carbons (Fsp3) is 0.219. The number of aryl methyl sites for hydroxylation is 1. The molecule has 0 unspecified atom stereocenters.